The minimum atomic E-state index is -0.989. The number of likely N-dealkylation sites (N-methyl/N-ethyl adjacent to an activating group) is 1. The summed E-state index contributed by atoms with van der Waals surface area (Å²) < 4.78 is 7.28. The van der Waals surface area contributed by atoms with Gasteiger partial charge in [0.1, 0.15) is 11.1 Å². The number of nitrogens with zero attached hydrogens (tertiary/aromatic N) is 8. The van der Waals surface area contributed by atoms with Crippen LogP contribution in [0.4, 0.5) is 23.1 Å². The Balaban J connectivity index is 0.816. The molecule has 65 heavy (non-hydrogen) atoms. The van der Waals surface area contributed by atoms with E-state index in [2.05, 4.69) is 40.5 Å². The molecule has 0 bridgehead atoms. The van der Waals surface area contributed by atoms with Gasteiger partial charge in [-0.1, -0.05) is 11.6 Å². The molecule has 4 aromatic rings. The van der Waals surface area contributed by atoms with Crippen LogP contribution in [-0.4, -0.2) is 136 Å². The zero-order valence-electron chi connectivity index (χ0n) is 36.8. The zero-order valence-corrected chi connectivity index (χ0v) is 37.6. The van der Waals surface area contributed by atoms with Crippen molar-refractivity contribution in [3.05, 3.63) is 75.2 Å². The predicted octanol–water partition coefficient (Wildman–Crippen LogP) is 3.90. The molecule has 5 aliphatic heterocycles. The standard InChI is InChI=1S/C46H54ClN11O7/c1-27(2)57-36-10-7-29(20-28(36)21-38(45(57)64)65-25-40(60)48-3)50-41-35(47)23-49-46(52-41)53-18-13-30(14-19-53)55-16-5-17-56(26-55)32-6-4-15-54(24-32)31-8-9-33-34(22-31)44(63)58(43(33)62)37-11-12-39(59)51-42(37)61/h7-10,20-23,27,30,32,37H,4-6,11-19,24-26H2,1-3H3,(H,48,60)(H,49,50,52)(H,51,59,61). The fourth-order valence-corrected chi connectivity index (χ4v) is 10.1. The van der Waals surface area contributed by atoms with Gasteiger partial charge in [0.15, 0.2) is 18.2 Å². The molecule has 3 N–H and O–H groups in total. The molecule has 342 valence electrons. The number of carbonyl (C=O) groups is 5. The highest BCUT2D eigenvalue weighted by Crippen LogP contribution is 2.34. The van der Waals surface area contributed by atoms with Crippen LogP contribution in [-0.2, 0) is 14.4 Å². The lowest BCUT2D eigenvalue weighted by atomic mass is 9.99. The van der Waals surface area contributed by atoms with Gasteiger partial charge in [-0.15, -0.1) is 0 Å². The number of ether oxygens (including phenoxy) is 1. The van der Waals surface area contributed by atoms with Crippen LogP contribution in [0, 0.1) is 0 Å². The fourth-order valence-electron chi connectivity index (χ4n) is 9.99. The van der Waals surface area contributed by atoms with Crippen molar-refractivity contribution >= 4 is 75.2 Å². The topological polar surface area (TPSA) is 195 Å². The maximum atomic E-state index is 13.5. The summed E-state index contributed by atoms with van der Waals surface area (Å²) in [5, 5.41) is 9.24. The Morgan fingerprint density at radius 3 is 2.40 bits per heavy atom. The van der Waals surface area contributed by atoms with E-state index in [-0.39, 0.29) is 42.7 Å². The summed E-state index contributed by atoms with van der Waals surface area (Å²) >= 11 is 6.65. The second-order valence-corrected chi connectivity index (χ2v) is 18.2. The van der Waals surface area contributed by atoms with E-state index in [1.165, 1.54) is 7.05 Å². The number of hydrogen-bond acceptors (Lipinski definition) is 14. The molecule has 9 rings (SSSR count). The maximum absolute atomic E-state index is 13.5. The minimum Gasteiger partial charge on any atom is -0.478 e. The number of piperidine rings is 3. The molecule has 19 heteroatoms. The number of halogens is 1. The predicted molar refractivity (Wildman–Crippen MR) is 245 cm³/mol. The zero-order chi connectivity index (χ0) is 45.5. The van der Waals surface area contributed by atoms with Gasteiger partial charge in [0.25, 0.3) is 23.3 Å². The number of amides is 5. The molecular formula is C46H54ClN11O7. The lowest BCUT2D eigenvalue weighted by molar-refractivity contribution is -0.136. The van der Waals surface area contributed by atoms with Crippen molar-refractivity contribution in [1.29, 1.82) is 0 Å². The van der Waals surface area contributed by atoms with E-state index < -0.39 is 29.7 Å². The lowest BCUT2D eigenvalue weighted by Gasteiger charge is -2.47. The molecule has 4 fully saturated rings. The van der Waals surface area contributed by atoms with Gasteiger partial charge in [0.05, 0.1) is 29.5 Å². The van der Waals surface area contributed by atoms with Gasteiger partial charge < -0.3 is 29.7 Å². The van der Waals surface area contributed by atoms with Crippen LogP contribution in [0.1, 0.15) is 85.6 Å². The van der Waals surface area contributed by atoms with Crippen LogP contribution in [0.3, 0.4) is 0 Å². The number of carbonyl (C=O) groups excluding carboxylic acids is 5. The first-order valence-electron chi connectivity index (χ1n) is 22.5. The Hall–Kier alpha value is -6.11. The average Bonchev–Trinajstić information content (AvgIpc) is 3.56. The third-order valence-electron chi connectivity index (χ3n) is 13.4. The second-order valence-electron chi connectivity index (χ2n) is 17.8. The van der Waals surface area contributed by atoms with Crippen molar-refractivity contribution in [1.82, 2.24) is 39.9 Å². The maximum Gasteiger partial charge on any atom is 0.293 e. The van der Waals surface area contributed by atoms with Gasteiger partial charge in [-0.05, 0) is 94.8 Å². The molecule has 18 nitrogen and oxygen atoms in total. The highest BCUT2D eigenvalue weighted by Gasteiger charge is 2.45. The third kappa shape index (κ3) is 8.86. The molecule has 2 atom stereocenters. The van der Waals surface area contributed by atoms with Crippen molar-refractivity contribution in [2.45, 2.75) is 83.0 Å². The van der Waals surface area contributed by atoms with Crippen LogP contribution in [0.25, 0.3) is 10.9 Å². The molecule has 2 aromatic heterocycles. The second kappa shape index (κ2) is 18.4. The van der Waals surface area contributed by atoms with Gasteiger partial charge >= 0.3 is 0 Å². The Bertz CT molecular complexity index is 2610. The number of rotatable bonds is 11. The Labute approximate surface area is 381 Å². The van der Waals surface area contributed by atoms with Crippen molar-refractivity contribution in [2.24, 2.45) is 0 Å². The smallest absolute Gasteiger partial charge is 0.293 e. The number of imide groups is 2. The Kier molecular flexibility index (Phi) is 12.5. The van der Waals surface area contributed by atoms with Crippen molar-refractivity contribution in [3.8, 4) is 5.75 Å². The van der Waals surface area contributed by atoms with Crippen LogP contribution in [0.2, 0.25) is 5.02 Å². The summed E-state index contributed by atoms with van der Waals surface area (Å²) in [5.41, 5.74) is 2.61. The van der Waals surface area contributed by atoms with E-state index in [0.717, 1.165) is 99.5 Å². The van der Waals surface area contributed by atoms with Gasteiger partial charge in [0, 0.05) is 87.6 Å². The van der Waals surface area contributed by atoms with Crippen molar-refractivity contribution < 1.29 is 28.7 Å². The molecule has 0 radical (unpaired) electrons. The molecule has 2 aromatic carbocycles. The van der Waals surface area contributed by atoms with Crippen molar-refractivity contribution in [2.75, 3.05) is 74.7 Å². The molecule has 0 saturated carbocycles. The van der Waals surface area contributed by atoms with Crippen LogP contribution in [0.5, 0.6) is 5.75 Å². The highest BCUT2D eigenvalue weighted by atomic mass is 35.5. The van der Waals surface area contributed by atoms with Crippen LogP contribution in [0.15, 0.2) is 53.5 Å². The third-order valence-corrected chi connectivity index (χ3v) is 13.6. The molecular weight excluding hydrogens is 854 g/mol. The summed E-state index contributed by atoms with van der Waals surface area (Å²) in [5.74, 6) is -1.18. The number of aromatic nitrogens is 3. The van der Waals surface area contributed by atoms with E-state index in [0.29, 0.717) is 45.7 Å². The average molecular weight is 908 g/mol. The number of benzene rings is 2. The fraction of sp³-hybridized carbons (Fsp3) is 0.478. The highest BCUT2D eigenvalue weighted by molar-refractivity contribution is 6.33. The van der Waals surface area contributed by atoms with E-state index in [4.69, 9.17) is 21.3 Å². The summed E-state index contributed by atoms with van der Waals surface area (Å²) in [6.07, 6.45) is 6.90. The van der Waals surface area contributed by atoms with E-state index in [1.807, 2.05) is 38.1 Å². The number of nitrogens with one attached hydrogen (secondary N) is 3. The number of fused-ring (bicyclic) bond motifs is 2. The Morgan fingerprint density at radius 2 is 1.65 bits per heavy atom. The largest absolute Gasteiger partial charge is 0.478 e. The number of pyridine rings is 1. The van der Waals surface area contributed by atoms with Gasteiger partial charge in [-0.25, -0.2) is 4.98 Å². The number of anilines is 4. The van der Waals surface area contributed by atoms with Gasteiger partial charge in [-0.3, -0.25) is 48.8 Å². The SMILES string of the molecule is CNC(=O)COc1cc2cc(Nc3nc(N4CCC(N5CCCN(C6CCCN(c7ccc8c(c7)C(=O)N(C7CCC(=O)NC7=O)C8=O)C6)C5)CC4)ncc3Cl)ccc2n(C(C)C)c1=O. The Morgan fingerprint density at radius 1 is 0.877 bits per heavy atom. The van der Waals surface area contributed by atoms with Crippen LogP contribution >= 0.6 is 11.6 Å². The molecule has 7 heterocycles. The molecule has 0 aliphatic carbocycles. The first kappa shape index (κ1) is 44.1. The molecule has 5 aliphatic rings. The molecule has 0 spiro atoms. The minimum absolute atomic E-state index is 0.0828. The molecule has 2 unspecified atom stereocenters. The van der Waals surface area contributed by atoms with E-state index in [9.17, 15) is 28.8 Å². The van der Waals surface area contributed by atoms with E-state index in [1.54, 1.807) is 29.0 Å². The van der Waals surface area contributed by atoms with Gasteiger partial charge in [-0.2, -0.15) is 4.98 Å². The van der Waals surface area contributed by atoms with E-state index >= 15 is 0 Å². The van der Waals surface area contributed by atoms with Crippen molar-refractivity contribution in [3.63, 3.8) is 0 Å². The van der Waals surface area contributed by atoms with Gasteiger partial charge in [0.2, 0.25) is 17.8 Å². The number of hydrogen-bond donors (Lipinski definition) is 3. The summed E-state index contributed by atoms with van der Waals surface area (Å²) in [6, 6.07) is 12.3. The monoisotopic (exact) mass is 907 g/mol. The first-order valence-corrected chi connectivity index (χ1v) is 22.9. The lowest BCUT2D eigenvalue weighted by Crippen LogP contribution is -2.57. The normalized spacial score (nSPS) is 21.3. The summed E-state index contributed by atoms with van der Waals surface area (Å²) in [4.78, 5) is 96.5. The molecule has 5 amide bonds. The first-order chi connectivity index (χ1) is 31.4. The van der Waals surface area contributed by atoms with Crippen LogP contribution < -0.4 is 36.0 Å². The quantitative estimate of drug-likeness (QED) is 0.184. The molecule has 4 saturated heterocycles. The summed E-state index contributed by atoms with van der Waals surface area (Å²) in [7, 11) is 1.51. The summed E-state index contributed by atoms with van der Waals surface area (Å²) in [6.45, 7) is 9.74.